The maximum atomic E-state index is 12.8. The summed E-state index contributed by atoms with van der Waals surface area (Å²) in [5, 5.41) is 11.0. The monoisotopic (exact) mass is 379 g/mol. The van der Waals surface area contributed by atoms with Crippen LogP contribution >= 0.6 is 0 Å². The number of hydrogen-bond donors (Lipinski definition) is 1. The van der Waals surface area contributed by atoms with E-state index in [0.717, 1.165) is 55.2 Å². The Kier molecular flexibility index (Phi) is 5.10. The molecule has 8 nitrogen and oxygen atoms in total. The third-order valence-electron chi connectivity index (χ3n) is 5.25. The first-order chi connectivity index (χ1) is 13.7. The SMILES string of the molecule is CCc1nccn1C[C@H]1CCCN1C(=O)Nc1ccc(-n2nncc2C)cc1. The number of imidazole rings is 1. The van der Waals surface area contributed by atoms with Gasteiger partial charge in [-0.3, -0.25) is 0 Å². The summed E-state index contributed by atoms with van der Waals surface area (Å²) in [7, 11) is 0. The third kappa shape index (κ3) is 3.62. The van der Waals surface area contributed by atoms with Crippen LogP contribution < -0.4 is 5.32 Å². The molecule has 1 saturated heterocycles. The number of amides is 2. The van der Waals surface area contributed by atoms with Crippen LogP contribution in [0, 0.1) is 6.92 Å². The van der Waals surface area contributed by atoms with E-state index in [1.807, 2.05) is 48.5 Å². The normalized spacial score (nSPS) is 16.5. The Hall–Kier alpha value is -3.16. The quantitative estimate of drug-likeness (QED) is 0.739. The van der Waals surface area contributed by atoms with Crippen molar-refractivity contribution in [1.82, 2.24) is 29.4 Å². The van der Waals surface area contributed by atoms with E-state index >= 15 is 0 Å². The standard InChI is InChI=1S/C20H25N7O/c1-3-19-21-10-12-25(19)14-18-5-4-11-26(18)20(28)23-16-6-8-17(9-7-16)27-15(2)13-22-24-27/h6-10,12-13,18H,3-5,11,14H2,1-2H3,(H,23,28)/t18-/m1/s1. The minimum atomic E-state index is -0.0506. The minimum Gasteiger partial charge on any atom is -0.333 e. The van der Waals surface area contributed by atoms with E-state index in [0.29, 0.717) is 0 Å². The van der Waals surface area contributed by atoms with Gasteiger partial charge in [0.15, 0.2) is 0 Å². The molecule has 0 spiro atoms. The summed E-state index contributed by atoms with van der Waals surface area (Å²) in [6.45, 7) is 5.62. The van der Waals surface area contributed by atoms with Crippen molar-refractivity contribution in [3.05, 3.63) is 54.4 Å². The van der Waals surface area contributed by atoms with Gasteiger partial charge in [0.25, 0.3) is 0 Å². The van der Waals surface area contributed by atoms with Crippen LogP contribution in [0.15, 0.2) is 42.9 Å². The largest absolute Gasteiger partial charge is 0.333 e. The fraction of sp³-hybridized carbons (Fsp3) is 0.400. The van der Waals surface area contributed by atoms with Crippen LogP contribution in [0.4, 0.5) is 10.5 Å². The lowest BCUT2D eigenvalue weighted by Gasteiger charge is -2.26. The molecule has 3 heterocycles. The van der Waals surface area contributed by atoms with Crippen molar-refractivity contribution in [3.8, 4) is 5.69 Å². The van der Waals surface area contributed by atoms with Crippen molar-refractivity contribution < 1.29 is 4.79 Å². The number of carbonyl (C=O) groups is 1. The van der Waals surface area contributed by atoms with Crippen LogP contribution in [0.5, 0.6) is 0 Å². The predicted octanol–water partition coefficient (Wildman–Crippen LogP) is 3.03. The molecule has 1 fully saturated rings. The summed E-state index contributed by atoms with van der Waals surface area (Å²) < 4.78 is 3.92. The van der Waals surface area contributed by atoms with E-state index in [1.165, 1.54) is 0 Å². The molecule has 146 valence electrons. The number of anilines is 1. The molecule has 4 rings (SSSR count). The number of aromatic nitrogens is 5. The molecule has 1 atom stereocenters. The number of nitrogens with zero attached hydrogens (tertiary/aromatic N) is 6. The van der Waals surface area contributed by atoms with E-state index in [9.17, 15) is 4.79 Å². The lowest BCUT2D eigenvalue weighted by molar-refractivity contribution is 0.200. The van der Waals surface area contributed by atoms with Crippen molar-refractivity contribution in [3.63, 3.8) is 0 Å². The summed E-state index contributed by atoms with van der Waals surface area (Å²) in [5.41, 5.74) is 2.65. The first-order valence-electron chi connectivity index (χ1n) is 9.71. The highest BCUT2D eigenvalue weighted by Crippen LogP contribution is 2.22. The summed E-state index contributed by atoms with van der Waals surface area (Å²) in [6, 6.07) is 7.78. The Morgan fingerprint density at radius 1 is 1.29 bits per heavy atom. The predicted molar refractivity (Wildman–Crippen MR) is 106 cm³/mol. The van der Waals surface area contributed by atoms with Crippen molar-refractivity contribution in [1.29, 1.82) is 0 Å². The Balaban J connectivity index is 1.42. The molecular formula is C20H25N7O. The molecular weight excluding hydrogens is 354 g/mol. The van der Waals surface area contributed by atoms with Crippen LogP contribution in [0.25, 0.3) is 5.69 Å². The molecule has 28 heavy (non-hydrogen) atoms. The fourth-order valence-corrected chi connectivity index (χ4v) is 3.76. The molecule has 0 saturated carbocycles. The number of likely N-dealkylation sites (tertiary alicyclic amines) is 1. The first-order valence-corrected chi connectivity index (χ1v) is 9.71. The maximum Gasteiger partial charge on any atom is 0.322 e. The average Bonchev–Trinajstić information content (AvgIpc) is 3.44. The average molecular weight is 379 g/mol. The molecule has 1 aliphatic rings. The van der Waals surface area contributed by atoms with Crippen LogP contribution in [-0.4, -0.2) is 48.1 Å². The van der Waals surface area contributed by atoms with Gasteiger partial charge in [-0.2, -0.15) is 0 Å². The van der Waals surface area contributed by atoms with Gasteiger partial charge in [0.05, 0.1) is 23.6 Å². The number of carbonyl (C=O) groups excluding carboxylic acids is 1. The van der Waals surface area contributed by atoms with Crippen LogP contribution in [0.1, 0.15) is 31.3 Å². The molecule has 2 amide bonds. The molecule has 0 aliphatic carbocycles. The Morgan fingerprint density at radius 3 is 2.82 bits per heavy atom. The number of benzene rings is 1. The molecule has 1 aliphatic heterocycles. The van der Waals surface area contributed by atoms with Crippen molar-refractivity contribution >= 4 is 11.7 Å². The highest BCUT2D eigenvalue weighted by atomic mass is 16.2. The second-order valence-corrected chi connectivity index (χ2v) is 7.10. The van der Waals surface area contributed by atoms with Gasteiger partial charge in [-0.05, 0) is 44.0 Å². The van der Waals surface area contributed by atoms with Gasteiger partial charge in [0, 0.05) is 37.6 Å². The number of aryl methyl sites for hydroxylation is 2. The van der Waals surface area contributed by atoms with Crippen molar-refractivity contribution in [2.45, 2.75) is 45.7 Å². The summed E-state index contributed by atoms with van der Waals surface area (Å²) >= 11 is 0. The fourth-order valence-electron chi connectivity index (χ4n) is 3.76. The summed E-state index contributed by atoms with van der Waals surface area (Å²) in [6.07, 6.45) is 8.48. The lowest BCUT2D eigenvalue weighted by atomic mass is 10.2. The smallest absolute Gasteiger partial charge is 0.322 e. The molecule has 1 aromatic carbocycles. The molecule has 2 aromatic heterocycles. The van der Waals surface area contributed by atoms with Gasteiger partial charge >= 0.3 is 6.03 Å². The van der Waals surface area contributed by atoms with Gasteiger partial charge in [-0.25, -0.2) is 14.5 Å². The lowest BCUT2D eigenvalue weighted by Crippen LogP contribution is -2.40. The van der Waals surface area contributed by atoms with Crippen LogP contribution in [0.2, 0.25) is 0 Å². The van der Waals surface area contributed by atoms with E-state index in [1.54, 1.807) is 10.9 Å². The number of nitrogens with one attached hydrogen (secondary N) is 1. The highest BCUT2D eigenvalue weighted by Gasteiger charge is 2.29. The van der Waals surface area contributed by atoms with Crippen LogP contribution in [0.3, 0.4) is 0 Å². The maximum absolute atomic E-state index is 12.8. The van der Waals surface area contributed by atoms with E-state index < -0.39 is 0 Å². The van der Waals surface area contributed by atoms with Gasteiger partial charge in [-0.15, -0.1) is 5.10 Å². The van der Waals surface area contributed by atoms with Gasteiger partial charge in [0.1, 0.15) is 5.82 Å². The second-order valence-electron chi connectivity index (χ2n) is 7.10. The molecule has 0 radical (unpaired) electrons. The van der Waals surface area contributed by atoms with Crippen molar-refractivity contribution in [2.75, 3.05) is 11.9 Å². The zero-order valence-corrected chi connectivity index (χ0v) is 16.2. The highest BCUT2D eigenvalue weighted by molar-refractivity contribution is 5.89. The number of urea groups is 1. The summed E-state index contributed by atoms with van der Waals surface area (Å²) in [4.78, 5) is 19.2. The Labute approximate surface area is 164 Å². The minimum absolute atomic E-state index is 0.0506. The second kappa shape index (κ2) is 7.84. The number of rotatable bonds is 5. The molecule has 1 N–H and O–H groups in total. The molecule has 8 heteroatoms. The van der Waals surface area contributed by atoms with Gasteiger partial charge in [0.2, 0.25) is 0 Å². The van der Waals surface area contributed by atoms with Gasteiger partial charge in [-0.1, -0.05) is 12.1 Å². The number of hydrogen-bond acceptors (Lipinski definition) is 4. The zero-order valence-electron chi connectivity index (χ0n) is 16.2. The van der Waals surface area contributed by atoms with Crippen LogP contribution in [-0.2, 0) is 13.0 Å². The van der Waals surface area contributed by atoms with E-state index in [2.05, 4.69) is 32.1 Å². The summed E-state index contributed by atoms with van der Waals surface area (Å²) in [5.74, 6) is 1.06. The van der Waals surface area contributed by atoms with E-state index in [-0.39, 0.29) is 12.1 Å². The topological polar surface area (TPSA) is 80.9 Å². The van der Waals surface area contributed by atoms with Gasteiger partial charge < -0.3 is 14.8 Å². The third-order valence-corrected chi connectivity index (χ3v) is 5.25. The molecule has 0 bridgehead atoms. The first kappa shape index (κ1) is 18.2. The molecule has 3 aromatic rings. The Morgan fingerprint density at radius 2 is 2.11 bits per heavy atom. The Bertz CT molecular complexity index is 944. The molecule has 0 unspecified atom stereocenters. The van der Waals surface area contributed by atoms with E-state index in [4.69, 9.17) is 0 Å². The van der Waals surface area contributed by atoms with Crippen molar-refractivity contribution in [2.24, 2.45) is 0 Å². The zero-order chi connectivity index (χ0) is 19.5.